The Morgan fingerprint density at radius 3 is 2.70 bits per heavy atom. The van der Waals surface area contributed by atoms with Gasteiger partial charge in [-0.2, -0.15) is 0 Å². The van der Waals surface area contributed by atoms with Crippen LogP contribution < -0.4 is 15.4 Å². The Morgan fingerprint density at radius 1 is 1.11 bits per heavy atom. The quantitative estimate of drug-likeness (QED) is 0.674. The number of anilines is 1. The number of amides is 2. The lowest BCUT2D eigenvalue weighted by Crippen LogP contribution is -2.28. The van der Waals surface area contributed by atoms with Crippen LogP contribution in [0.1, 0.15) is 12.6 Å². The fourth-order valence-electron chi connectivity index (χ4n) is 2.41. The van der Waals surface area contributed by atoms with E-state index in [1.165, 1.54) is 18.3 Å². The molecule has 1 aromatic heterocycles. The monoisotopic (exact) mass is 381 g/mol. The zero-order valence-corrected chi connectivity index (χ0v) is 15.6. The third-order valence-electron chi connectivity index (χ3n) is 3.59. The van der Waals surface area contributed by atoms with Gasteiger partial charge in [0.25, 0.3) is 0 Å². The van der Waals surface area contributed by atoms with Gasteiger partial charge in [0.2, 0.25) is 5.91 Å². The molecule has 0 atom stereocenters. The first kappa shape index (κ1) is 18.6. The van der Waals surface area contributed by atoms with Gasteiger partial charge < -0.3 is 15.4 Å². The molecule has 2 amide bonds. The van der Waals surface area contributed by atoms with Crippen molar-refractivity contribution in [3.63, 3.8) is 0 Å². The van der Waals surface area contributed by atoms with E-state index in [0.29, 0.717) is 18.7 Å². The molecule has 0 aliphatic rings. The number of carbonyl (C=O) groups excluding carboxylic acids is 2. The summed E-state index contributed by atoms with van der Waals surface area (Å²) in [6.07, 6.45) is 0.117. The maximum atomic E-state index is 11.8. The van der Waals surface area contributed by atoms with Crippen molar-refractivity contribution in [3.8, 4) is 16.3 Å². The first-order valence-corrected chi connectivity index (χ1v) is 9.31. The average molecular weight is 381 g/mol. The molecule has 0 aliphatic carbocycles. The Hall–Kier alpha value is -3.19. The minimum atomic E-state index is -0.486. The molecule has 2 aromatic carbocycles. The van der Waals surface area contributed by atoms with Crippen molar-refractivity contribution in [1.29, 1.82) is 0 Å². The first-order valence-electron chi connectivity index (χ1n) is 8.43. The van der Waals surface area contributed by atoms with Gasteiger partial charge in [0, 0.05) is 36.5 Å². The van der Waals surface area contributed by atoms with E-state index in [-0.39, 0.29) is 5.91 Å². The summed E-state index contributed by atoms with van der Waals surface area (Å²) >= 11 is 1.52. The summed E-state index contributed by atoms with van der Waals surface area (Å²) in [5.74, 6) is 0.394. The number of hydrogen-bond acceptors (Lipinski definition) is 5. The predicted octanol–water partition coefficient (Wildman–Crippen LogP) is 4.10. The minimum Gasteiger partial charge on any atom is -0.410 e. The van der Waals surface area contributed by atoms with E-state index in [1.807, 2.05) is 35.7 Å². The fraction of sp³-hybridized carbons (Fsp3) is 0.150. The van der Waals surface area contributed by atoms with Gasteiger partial charge in [-0.25, -0.2) is 9.78 Å². The zero-order chi connectivity index (χ0) is 19.1. The fourth-order valence-corrected chi connectivity index (χ4v) is 3.26. The van der Waals surface area contributed by atoms with Gasteiger partial charge in [-0.05, 0) is 24.3 Å². The smallest absolute Gasteiger partial charge is 0.410 e. The Morgan fingerprint density at radius 2 is 1.93 bits per heavy atom. The number of nitrogens with zero attached hydrogens (tertiary/aromatic N) is 1. The molecule has 27 heavy (non-hydrogen) atoms. The van der Waals surface area contributed by atoms with Crippen molar-refractivity contribution >= 4 is 29.0 Å². The Labute approximate surface area is 161 Å². The van der Waals surface area contributed by atoms with E-state index in [1.54, 1.807) is 24.3 Å². The Balaban J connectivity index is 1.52. The highest BCUT2D eigenvalue weighted by atomic mass is 32.1. The van der Waals surface area contributed by atoms with E-state index in [9.17, 15) is 9.59 Å². The van der Waals surface area contributed by atoms with E-state index in [2.05, 4.69) is 15.6 Å². The number of carbonyl (C=O) groups is 2. The highest BCUT2D eigenvalue weighted by molar-refractivity contribution is 7.13. The summed E-state index contributed by atoms with van der Waals surface area (Å²) in [5, 5.41) is 8.31. The second-order valence-electron chi connectivity index (χ2n) is 5.79. The maximum absolute atomic E-state index is 11.8. The molecule has 0 fully saturated rings. The molecule has 0 aliphatic heterocycles. The van der Waals surface area contributed by atoms with E-state index in [0.717, 1.165) is 22.0 Å². The highest BCUT2D eigenvalue weighted by Crippen LogP contribution is 2.26. The topological polar surface area (TPSA) is 80.3 Å². The molecule has 0 saturated carbocycles. The van der Waals surface area contributed by atoms with Crippen LogP contribution in [0, 0.1) is 0 Å². The van der Waals surface area contributed by atoms with Crippen molar-refractivity contribution < 1.29 is 14.3 Å². The third kappa shape index (κ3) is 5.65. The molecule has 2 N–H and O–H groups in total. The molecular weight excluding hydrogens is 362 g/mol. The molecule has 3 rings (SSSR count). The summed E-state index contributed by atoms with van der Waals surface area (Å²) in [4.78, 5) is 27.5. The lowest BCUT2D eigenvalue weighted by atomic mass is 10.2. The summed E-state index contributed by atoms with van der Waals surface area (Å²) in [6.45, 7) is 1.91. The van der Waals surface area contributed by atoms with Gasteiger partial charge in [0.1, 0.15) is 10.8 Å². The first-order chi connectivity index (χ1) is 13.1. The van der Waals surface area contributed by atoms with Crippen molar-refractivity contribution in [2.75, 3.05) is 11.9 Å². The van der Waals surface area contributed by atoms with Crippen LogP contribution in [0.25, 0.3) is 10.6 Å². The van der Waals surface area contributed by atoms with Crippen molar-refractivity contribution in [2.24, 2.45) is 0 Å². The summed E-state index contributed by atoms with van der Waals surface area (Å²) < 4.78 is 5.17. The number of hydrogen-bond donors (Lipinski definition) is 2. The van der Waals surface area contributed by atoms with Crippen LogP contribution in [0.15, 0.2) is 60.0 Å². The number of nitrogens with one attached hydrogen (secondary N) is 2. The highest BCUT2D eigenvalue weighted by Gasteiger charge is 2.08. The van der Waals surface area contributed by atoms with Crippen LogP contribution in [0.5, 0.6) is 5.75 Å². The second-order valence-corrected chi connectivity index (χ2v) is 6.64. The molecule has 6 nitrogen and oxygen atoms in total. The number of thiazole rings is 1. The molecule has 0 radical (unpaired) electrons. The number of benzene rings is 2. The zero-order valence-electron chi connectivity index (χ0n) is 14.8. The summed E-state index contributed by atoms with van der Waals surface area (Å²) in [7, 11) is 0. The van der Waals surface area contributed by atoms with E-state index < -0.39 is 6.09 Å². The van der Waals surface area contributed by atoms with Crippen molar-refractivity contribution in [1.82, 2.24) is 10.3 Å². The summed E-state index contributed by atoms with van der Waals surface area (Å²) in [5.41, 5.74) is 2.57. The predicted molar refractivity (Wildman–Crippen MR) is 106 cm³/mol. The average Bonchev–Trinajstić information content (AvgIpc) is 3.11. The van der Waals surface area contributed by atoms with Crippen LogP contribution in [0.4, 0.5) is 10.5 Å². The van der Waals surface area contributed by atoms with Gasteiger partial charge in [0.15, 0.2) is 0 Å². The number of ether oxygens (including phenoxy) is 1. The van der Waals surface area contributed by atoms with Gasteiger partial charge in [-0.3, -0.25) is 4.79 Å². The van der Waals surface area contributed by atoms with Crippen LogP contribution in [-0.2, 0) is 11.2 Å². The third-order valence-corrected chi connectivity index (χ3v) is 4.53. The minimum absolute atomic E-state index is 0.111. The van der Waals surface area contributed by atoms with Crippen LogP contribution in [-0.4, -0.2) is 23.5 Å². The molecule has 138 valence electrons. The lowest BCUT2D eigenvalue weighted by molar-refractivity contribution is -0.114. The second kappa shape index (κ2) is 8.95. The molecular formula is C20H19N3O3S. The molecule has 0 spiro atoms. The van der Waals surface area contributed by atoms with Gasteiger partial charge in [-0.1, -0.05) is 30.3 Å². The van der Waals surface area contributed by atoms with E-state index in [4.69, 9.17) is 4.74 Å². The number of rotatable bonds is 6. The van der Waals surface area contributed by atoms with E-state index >= 15 is 0 Å². The normalized spacial score (nSPS) is 10.3. The molecule has 3 aromatic rings. The van der Waals surface area contributed by atoms with Crippen LogP contribution in [0.2, 0.25) is 0 Å². The van der Waals surface area contributed by atoms with Gasteiger partial charge >= 0.3 is 6.09 Å². The number of aromatic nitrogens is 1. The Kier molecular flexibility index (Phi) is 6.17. The van der Waals surface area contributed by atoms with Gasteiger partial charge in [-0.15, -0.1) is 11.3 Å². The lowest BCUT2D eigenvalue weighted by Gasteiger charge is -2.05. The molecule has 7 heteroatoms. The maximum Gasteiger partial charge on any atom is 0.412 e. The molecule has 0 bridgehead atoms. The molecule has 0 unspecified atom stereocenters. The van der Waals surface area contributed by atoms with Crippen LogP contribution >= 0.6 is 11.3 Å². The molecule has 0 saturated heterocycles. The van der Waals surface area contributed by atoms with Gasteiger partial charge in [0.05, 0.1) is 5.69 Å². The largest absolute Gasteiger partial charge is 0.412 e. The summed E-state index contributed by atoms with van der Waals surface area (Å²) in [6, 6.07) is 16.5. The Bertz CT molecular complexity index is 925. The van der Waals surface area contributed by atoms with Crippen LogP contribution in [0.3, 0.4) is 0 Å². The van der Waals surface area contributed by atoms with Crippen molar-refractivity contribution in [3.05, 3.63) is 65.7 Å². The van der Waals surface area contributed by atoms with Crippen molar-refractivity contribution in [2.45, 2.75) is 13.3 Å². The molecule has 1 heterocycles. The number of para-hydroxylation sites is 1. The standard InChI is InChI=1S/C20H19N3O3S/c1-14(24)22-16-7-5-6-15(12-16)19-23-17(13-27-19)10-11-21-20(25)26-18-8-3-2-4-9-18/h2-9,12-13H,10-11H2,1H3,(H,21,25)(H,22,24). The SMILES string of the molecule is CC(=O)Nc1cccc(-c2nc(CCNC(=O)Oc3ccccc3)cs2)c1.